The summed E-state index contributed by atoms with van der Waals surface area (Å²) in [4.78, 5) is 15.6. The first-order valence-corrected chi connectivity index (χ1v) is 8.67. The molecule has 1 amide bonds. The summed E-state index contributed by atoms with van der Waals surface area (Å²) in [5, 5.41) is 13.1. The molecule has 0 spiro atoms. The fraction of sp³-hybridized carbons (Fsp3) is 0.625. The Balaban J connectivity index is 1.66. The average molecular weight is 319 g/mol. The predicted molar refractivity (Wildman–Crippen MR) is 86.2 cm³/mol. The Morgan fingerprint density at radius 1 is 1.50 bits per heavy atom. The number of nitrogens with zero attached hydrogens (tertiary/aromatic N) is 2. The number of ether oxygens (including phenoxy) is 1. The normalized spacial score (nSPS) is 21.9. The van der Waals surface area contributed by atoms with Crippen LogP contribution in [-0.4, -0.2) is 43.2 Å². The molecule has 1 aliphatic heterocycles. The molecule has 0 aromatic carbocycles. The van der Waals surface area contributed by atoms with Crippen molar-refractivity contribution in [2.75, 3.05) is 31.6 Å². The molecule has 5 nitrogen and oxygen atoms in total. The molecule has 1 N–H and O–H groups in total. The Morgan fingerprint density at radius 2 is 2.32 bits per heavy atom. The first-order valence-electron chi connectivity index (χ1n) is 7.86. The second-order valence-corrected chi connectivity index (χ2v) is 7.10. The highest BCUT2D eigenvalue weighted by molar-refractivity contribution is 7.16. The lowest BCUT2D eigenvalue weighted by Gasteiger charge is -2.30. The van der Waals surface area contributed by atoms with Gasteiger partial charge in [0.05, 0.1) is 24.8 Å². The monoisotopic (exact) mass is 319 g/mol. The molecule has 1 aromatic rings. The molecule has 1 saturated heterocycles. The highest BCUT2D eigenvalue weighted by Crippen LogP contribution is 2.37. The fourth-order valence-corrected chi connectivity index (χ4v) is 4.43. The number of aryl methyl sites for hydroxylation is 1. The van der Waals surface area contributed by atoms with Gasteiger partial charge in [0.25, 0.3) is 0 Å². The number of thiophene rings is 1. The van der Waals surface area contributed by atoms with Crippen molar-refractivity contribution in [1.29, 1.82) is 5.26 Å². The van der Waals surface area contributed by atoms with Gasteiger partial charge in [-0.15, -0.1) is 11.3 Å². The third-order valence-electron chi connectivity index (χ3n) is 4.23. The number of carbonyl (C=O) groups excluding carboxylic acids is 1. The van der Waals surface area contributed by atoms with Gasteiger partial charge in [0, 0.05) is 18.0 Å². The van der Waals surface area contributed by atoms with Gasteiger partial charge in [-0.05, 0) is 38.2 Å². The molecule has 2 aliphatic rings. The van der Waals surface area contributed by atoms with E-state index in [0.717, 1.165) is 42.9 Å². The molecule has 6 heteroatoms. The Bertz CT molecular complexity index is 605. The number of anilines is 1. The molecule has 0 saturated carbocycles. The van der Waals surface area contributed by atoms with Crippen molar-refractivity contribution in [1.82, 2.24) is 4.90 Å². The van der Waals surface area contributed by atoms with E-state index in [9.17, 15) is 10.1 Å². The number of hydrogen-bond acceptors (Lipinski definition) is 5. The first kappa shape index (κ1) is 15.5. The van der Waals surface area contributed by atoms with Crippen molar-refractivity contribution in [3.05, 3.63) is 16.0 Å². The number of rotatable bonds is 3. The molecule has 1 unspecified atom stereocenters. The zero-order valence-electron chi connectivity index (χ0n) is 12.9. The van der Waals surface area contributed by atoms with E-state index in [4.69, 9.17) is 4.74 Å². The number of carbonyl (C=O) groups is 1. The van der Waals surface area contributed by atoms with Crippen LogP contribution < -0.4 is 5.32 Å². The van der Waals surface area contributed by atoms with E-state index in [1.165, 1.54) is 11.3 Å². The van der Waals surface area contributed by atoms with Gasteiger partial charge in [-0.2, -0.15) is 5.26 Å². The van der Waals surface area contributed by atoms with Crippen LogP contribution in [0.3, 0.4) is 0 Å². The zero-order valence-corrected chi connectivity index (χ0v) is 13.7. The van der Waals surface area contributed by atoms with Crippen LogP contribution in [0, 0.1) is 11.3 Å². The van der Waals surface area contributed by atoms with E-state index < -0.39 is 0 Å². The van der Waals surface area contributed by atoms with Crippen LogP contribution in [0.1, 0.15) is 35.8 Å². The molecule has 1 atom stereocenters. The summed E-state index contributed by atoms with van der Waals surface area (Å²) in [5.41, 5.74) is 1.84. The first-order chi connectivity index (χ1) is 10.7. The lowest BCUT2D eigenvalue weighted by atomic mass is 9.96. The Hall–Kier alpha value is -1.42. The highest BCUT2D eigenvalue weighted by atomic mass is 32.1. The zero-order chi connectivity index (χ0) is 15.5. The van der Waals surface area contributed by atoms with E-state index in [-0.39, 0.29) is 12.0 Å². The Kier molecular flexibility index (Phi) is 4.77. The summed E-state index contributed by atoms with van der Waals surface area (Å²) in [6.07, 6.45) is 4.48. The molecular formula is C16H21N3O2S. The largest absolute Gasteiger partial charge is 0.376 e. The van der Waals surface area contributed by atoms with Crippen molar-refractivity contribution in [3.8, 4) is 6.07 Å². The van der Waals surface area contributed by atoms with Gasteiger partial charge >= 0.3 is 0 Å². The van der Waals surface area contributed by atoms with E-state index in [2.05, 4.69) is 16.3 Å². The third-order valence-corrected chi connectivity index (χ3v) is 5.44. The van der Waals surface area contributed by atoms with Crippen LogP contribution in [-0.2, 0) is 22.4 Å². The van der Waals surface area contributed by atoms with Crippen molar-refractivity contribution < 1.29 is 9.53 Å². The second kappa shape index (κ2) is 6.78. The van der Waals surface area contributed by atoms with Crippen LogP contribution in [0.2, 0.25) is 0 Å². The number of hydrogen-bond donors (Lipinski definition) is 1. The summed E-state index contributed by atoms with van der Waals surface area (Å²) in [6, 6.07) is 2.28. The van der Waals surface area contributed by atoms with Crippen molar-refractivity contribution >= 4 is 22.2 Å². The molecule has 0 bridgehead atoms. The minimum absolute atomic E-state index is 0.0378. The van der Waals surface area contributed by atoms with Crippen LogP contribution in [0.25, 0.3) is 0 Å². The van der Waals surface area contributed by atoms with Gasteiger partial charge in [0.1, 0.15) is 11.1 Å². The maximum atomic E-state index is 12.3. The molecular weight excluding hydrogens is 298 g/mol. The standard InChI is InChI=1S/C16H21N3O2S/c1-11-9-19(6-7-21-11)10-15(20)18-16-13(8-17)12-4-2-3-5-14(12)22-16/h11H,2-7,9-10H2,1H3,(H,18,20). The number of nitrogens with one attached hydrogen (secondary N) is 1. The van der Waals surface area contributed by atoms with Gasteiger partial charge in [-0.3, -0.25) is 9.69 Å². The number of morpholine rings is 1. The van der Waals surface area contributed by atoms with Gasteiger partial charge in [0.15, 0.2) is 0 Å². The number of nitriles is 1. The van der Waals surface area contributed by atoms with Crippen molar-refractivity contribution in [2.24, 2.45) is 0 Å². The van der Waals surface area contributed by atoms with Crippen molar-refractivity contribution in [3.63, 3.8) is 0 Å². The molecule has 118 valence electrons. The van der Waals surface area contributed by atoms with E-state index >= 15 is 0 Å². The van der Waals surface area contributed by atoms with Gasteiger partial charge < -0.3 is 10.1 Å². The molecule has 22 heavy (non-hydrogen) atoms. The predicted octanol–water partition coefficient (Wildman–Crippen LogP) is 2.16. The van der Waals surface area contributed by atoms with E-state index in [1.54, 1.807) is 11.3 Å². The molecule has 1 aliphatic carbocycles. The maximum absolute atomic E-state index is 12.3. The Labute approximate surface area is 134 Å². The van der Waals surface area contributed by atoms with Crippen molar-refractivity contribution in [2.45, 2.75) is 38.7 Å². The van der Waals surface area contributed by atoms with E-state index in [0.29, 0.717) is 18.7 Å². The summed E-state index contributed by atoms with van der Waals surface area (Å²) in [5.74, 6) is -0.0378. The molecule has 1 aromatic heterocycles. The smallest absolute Gasteiger partial charge is 0.239 e. The highest BCUT2D eigenvalue weighted by Gasteiger charge is 2.23. The van der Waals surface area contributed by atoms with E-state index in [1.807, 2.05) is 6.92 Å². The average Bonchev–Trinajstić information content (AvgIpc) is 2.83. The summed E-state index contributed by atoms with van der Waals surface area (Å²) in [6.45, 7) is 4.61. The topological polar surface area (TPSA) is 65.4 Å². The van der Waals surface area contributed by atoms with Crippen LogP contribution in [0.5, 0.6) is 0 Å². The lowest BCUT2D eigenvalue weighted by Crippen LogP contribution is -2.44. The molecule has 2 heterocycles. The number of fused-ring (bicyclic) bond motifs is 1. The minimum Gasteiger partial charge on any atom is -0.376 e. The second-order valence-electron chi connectivity index (χ2n) is 5.99. The fourth-order valence-electron chi connectivity index (χ4n) is 3.18. The van der Waals surface area contributed by atoms with Crippen LogP contribution in [0.15, 0.2) is 0 Å². The van der Waals surface area contributed by atoms with Gasteiger partial charge in [-0.25, -0.2) is 0 Å². The van der Waals surface area contributed by atoms with Crippen LogP contribution in [0.4, 0.5) is 5.00 Å². The Morgan fingerprint density at radius 3 is 3.09 bits per heavy atom. The maximum Gasteiger partial charge on any atom is 0.239 e. The molecule has 1 fully saturated rings. The van der Waals surface area contributed by atoms with Crippen LogP contribution >= 0.6 is 11.3 Å². The van der Waals surface area contributed by atoms with Gasteiger partial charge in [0.2, 0.25) is 5.91 Å². The quantitative estimate of drug-likeness (QED) is 0.927. The summed E-state index contributed by atoms with van der Waals surface area (Å²) >= 11 is 1.58. The number of amides is 1. The van der Waals surface area contributed by atoms with Gasteiger partial charge in [-0.1, -0.05) is 0 Å². The molecule has 0 radical (unpaired) electrons. The summed E-state index contributed by atoms with van der Waals surface area (Å²) in [7, 11) is 0. The molecule has 3 rings (SSSR count). The summed E-state index contributed by atoms with van der Waals surface area (Å²) < 4.78 is 5.49. The minimum atomic E-state index is -0.0378. The third kappa shape index (κ3) is 3.32. The SMILES string of the molecule is CC1CN(CC(=O)Nc2sc3c(c2C#N)CCCC3)CCO1. The lowest BCUT2D eigenvalue weighted by molar-refractivity contribution is -0.119.